The van der Waals surface area contributed by atoms with Gasteiger partial charge in [0.15, 0.2) is 11.5 Å². The number of nitrogens with zero attached hydrogens (tertiary/aromatic N) is 8. The zero-order valence-corrected chi connectivity index (χ0v) is 35.7. The maximum Gasteiger partial charge on any atom is 0.296 e. The number of aliphatic hydroxyl groups is 2. The van der Waals surface area contributed by atoms with E-state index in [2.05, 4.69) is 46.4 Å². The van der Waals surface area contributed by atoms with Crippen molar-refractivity contribution in [2.24, 2.45) is 40.9 Å². The Labute approximate surface area is 371 Å². The number of hydrogen-bond acceptors (Lipinski definition) is 18. The van der Waals surface area contributed by atoms with Gasteiger partial charge in [0.1, 0.15) is 39.1 Å². The van der Waals surface area contributed by atoms with Gasteiger partial charge in [-0.2, -0.15) is 23.8 Å². The molecule has 0 fully saturated rings. The van der Waals surface area contributed by atoms with E-state index in [9.17, 15) is 28.3 Å². The average molecular weight is 897 g/mol. The number of nitrogen functional groups attached to an aromatic ring is 1. The van der Waals surface area contributed by atoms with Gasteiger partial charge in [-0.05, 0) is 109 Å². The second-order valence-electron chi connectivity index (χ2n) is 14.0. The minimum Gasteiger partial charge on any atom is -0.505 e. The van der Waals surface area contributed by atoms with Crippen LogP contribution in [0.15, 0.2) is 167 Å². The monoisotopic (exact) mass is 896 g/mol. The summed E-state index contributed by atoms with van der Waals surface area (Å²) in [6, 6.07) is 32.3. The van der Waals surface area contributed by atoms with E-state index in [1.165, 1.54) is 56.7 Å². The van der Waals surface area contributed by atoms with Gasteiger partial charge in [0.25, 0.3) is 10.1 Å². The molecule has 0 heterocycles. The van der Waals surface area contributed by atoms with Crippen LogP contribution in [0.4, 0.5) is 56.9 Å². The Hall–Kier alpha value is -8.17. The first-order valence-electron chi connectivity index (χ1n) is 19.4. The van der Waals surface area contributed by atoms with Crippen LogP contribution in [-0.2, 0) is 23.3 Å². The molecule has 7 aromatic rings. The van der Waals surface area contributed by atoms with Crippen molar-refractivity contribution in [3.05, 3.63) is 138 Å². The average Bonchev–Trinajstić information content (AvgIpc) is 3.31. The van der Waals surface area contributed by atoms with Crippen molar-refractivity contribution in [3.63, 3.8) is 0 Å². The number of methoxy groups -OCH3 is 2. The summed E-state index contributed by atoms with van der Waals surface area (Å²) in [4.78, 5) is 5.24. The topological polar surface area (TPSA) is 280 Å². The molecular weight excluding hydrogens is 857 g/mol. The summed E-state index contributed by atoms with van der Waals surface area (Å²) in [5, 5.41) is 67.0. The van der Waals surface area contributed by atoms with Crippen LogP contribution in [-0.4, -0.2) is 42.5 Å². The number of phenolic OH excluding ortho intramolecular Hbond substituents is 1. The molecule has 0 radical (unpaired) electrons. The first-order chi connectivity index (χ1) is 31.4. The van der Waals surface area contributed by atoms with Crippen molar-refractivity contribution < 1.29 is 42.6 Å². The third-order valence-corrected chi connectivity index (χ3v) is 10.5. The number of aryl methyl sites for hydroxylation is 1. The summed E-state index contributed by atoms with van der Waals surface area (Å²) in [5.74, 6) is 0.993. The molecule has 65 heavy (non-hydrogen) atoms. The quantitative estimate of drug-likeness (QED) is 0.0229. The fraction of sp³-hybridized carbons (Fsp3) is 0.111. The minimum absolute atomic E-state index is 0.0233. The van der Waals surface area contributed by atoms with E-state index in [0.29, 0.717) is 56.3 Å². The SMILES string of the molecule is COc1cc(N=Nc2ccc(N=Nc3ccccc3S(=O)(=O)O)c(C)c2)c(CO)cc1N=Nc1cc(OC)c(N=Nc2ccc3cc(NOc4ccc(N)cc4)ccc3c2O)cc1CO. The molecule has 19 nitrogen and oxygen atoms in total. The number of ether oxygens (including phenoxy) is 2. The van der Waals surface area contributed by atoms with E-state index < -0.39 is 23.3 Å². The standard InChI is InChI=1S/C45H40N10O9S/c1-26-18-31(12-17-35(26)48-49-36-6-4-5-7-44(36)65(59,60)61)47-51-38-22-42(62-2)41(20-28(38)24-56)54-52-39-23-43(63-3)40(21-29(39)25-57)53-50-37-16-8-27-19-32(11-15-34(27)45(37)58)55-64-33-13-9-30(46)10-14-33/h4-23,55-58H,24-25,46H2,1-3H3,(H,59,60,61). The molecule has 0 bridgehead atoms. The van der Waals surface area contributed by atoms with E-state index in [4.69, 9.17) is 20.0 Å². The van der Waals surface area contributed by atoms with Crippen LogP contribution in [0.3, 0.4) is 0 Å². The molecule has 330 valence electrons. The zero-order valence-electron chi connectivity index (χ0n) is 34.9. The van der Waals surface area contributed by atoms with Gasteiger partial charge in [-0.15, -0.1) is 25.6 Å². The van der Waals surface area contributed by atoms with Crippen LogP contribution in [0.2, 0.25) is 0 Å². The highest BCUT2D eigenvalue weighted by Gasteiger charge is 2.16. The summed E-state index contributed by atoms with van der Waals surface area (Å²) in [5.41, 5.74) is 13.3. The minimum atomic E-state index is -4.50. The van der Waals surface area contributed by atoms with E-state index in [-0.39, 0.29) is 50.6 Å². The van der Waals surface area contributed by atoms with E-state index >= 15 is 0 Å². The van der Waals surface area contributed by atoms with Gasteiger partial charge in [0.2, 0.25) is 0 Å². The Morgan fingerprint density at radius 1 is 0.600 bits per heavy atom. The number of aliphatic hydroxyl groups excluding tert-OH is 2. The van der Waals surface area contributed by atoms with Crippen LogP contribution >= 0.6 is 0 Å². The number of aromatic hydroxyl groups is 1. The molecule has 0 saturated carbocycles. The second-order valence-corrected chi connectivity index (χ2v) is 15.4. The summed E-state index contributed by atoms with van der Waals surface area (Å²) in [6.07, 6.45) is 0. The zero-order chi connectivity index (χ0) is 46.1. The predicted molar refractivity (Wildman–Crippen MR) is 243 cm³/mol. The lowest BCUT2D eigenvalue weighted by atomic mass is 10.1. The lowest BCUT2D eigenvalue weighted by molar-refractivity contribution is 0.282. The summed E-state index contributed by atoms with van der Waals surface area (Å²) in [7, 11) is -1.63. The van der Waals surface area contributed by atoms with Gasteiger partial charge in [-0.3, -0.25) is 4.55 Å². The molecule has 0 aliphatic heterocycles. The van der Waals surface area contributed by atoms with Crippen molar-refractivity contribution >= 4 is 77.8 Å². The number of benzene rings is 7. The normalized spacial score (nSPS) is 12.0. The van der Waals surface area contributed by atoms with Crippen molar-refractivity contribution in [3.8, 4) is 23.0 Å². The summed E-state index contributed by atoms with van der Waals surface area (Å²) < 4.78 is 44.1. The van der Waals surface area contributed by atoms with Crippen molar-refractivity contribution in [1.29, 1.82) is 0 Å². The van der Waals surface area contributed by atoms with E-state index in [1.807, 2.05) is 0 Å². The summed E-state index contributed by atoms with van der Waals surface area (Å²) in [6.45, 7) is 0.892. The van der Waals surface area contributed by atoms with Crippen molar-refractivity contribution in [2.45, 2.75) is 25.0 Å². The maximum absolute atomic E-state index is 11.7. The third kappa shape index (κ3) is 10.7. The third-order valence-electron chi connectivity index (χ3n) is 9.63. The fourth-order valence-electron chi connectivity index (χ4n) is 6.23. The Morgan fingerprint density at radius 3 is 1.78 bits per heavy atom. The lowest BCUT2D eigenvalue weighted by Gasteiger charge is -2.11. The molecule has 7 aromatic carbocycles. The van der Waals surface area contributed by atoms with Gasteiger partial charge in [0.05, 0.1) is 55.9 Å². The first kappa shape index (κ1) is 44.9. The number of rotatable bonds is 16. The fourth-order valence-corrected chi connectivity index (χ4v) is 6.85. The number of phenols is 1. The number of nitrogens with one attached hydrogen (secondary N) is 1. The van der Waals surface area contributed by atoms with Gasteiger partial charge in [-0.1, -0.05) is 18.2 Å². The molecule has 0 aliphatic rings. The summed E-state index contributed by atoms with van der Waals surface area (Å²) >= 11 is 0. The number of azo groups is 4. The highest BCUT2D eigenvalue weighted by atomic mass is 32.2. The molecule has 0 amide bonds. The number of hydrogen-bond donors (Lipinski definition) is 6. The molecule has 0 saturated heterocycles. The van der Waals surface area contributed by atoms with Crippen molar-refractivity contribution in [1.82, 2.24) is 0 Å². The van der Waals surface area contributed by atoms with Gasteiger partial charge in [0, 0.05) is 34.3 Å². The van der Waals surface area contributed by atoms with E-state index in [0.717, 1.165) is 5.39 Å². The Balaban J connectivity index is 1.07. The molecule has 0 aromatic heterocycles. The van der Waals surface area contributed by atoms with Crippen LogP contribution in [0, 0.1) is 6.92 Å². The Bertz CT molecular complexity index is 3130. The van der Waals surface area contributed by atoms with Crippen molar-refractivity contribution in [2.75, 3.05) is 25.4 Å². The molecular formula is C45H40N10O9S. The second kappa shape index (κ2) is 19.9. The Morgan fingerprint density at radius 2 is 1.17 bits per heavy atom. The van der Waals surface area contributed by atoms with E-state index in [1.54, 1.807) is 85.8 Å². The molecule has 20 heteroatoms. The lowest BCUT2D eigenvalue weighted by Crippen LogP contribution is -2.04. The number of anilines is 2. The molecule has 0 unspecified atom stereocenters. The molecule has 0 aliphatic carbocycles. The van der Waals surface area contributed by atoms with Crippen LogP contribution in [0.1, 0.15) is 16.7 Å². The molecule has 7 rings (SSSR count). The van der Waals surface area contributed by atoms with Gasteiger partial charge >= 0.3 is 0 Å². The van der Waals surface area contributed by atoms with Crippen LogP contribution < -0.4 is 25.5 Å². The maximum atomic E-state index is 11.7. The highest BCUT2D eigenvalue weighted by Crippen LogP contribution is 2.42. The Kier molecular flexibility index (Phi) is 13.7. The molecule has 7 N–H and O–H groups in total. The smallest absolute Gasteiger partial charge is 0.296 e. The van der Waals surface area contributed by atoms with Crippen LogP contribution in [0.25, 0.3) is 10.8 Å². The van der Waals surface area contributed by atoms with Gasteiger partial charge < -0.3 is 35.4 Å². The highest BCUT2D eigenvalue weighted by molar-refractivity contribution is 7.86. The predicted octanol–water partition coefficient (Wildman–Crippen LogP) is 11.8. The first-order valence-corrected chi connectivity index (χ1v) is 20.8. The van der Waals surface area contributed by atoms with Gasteiger partial charge in [-0.25, -0.2) is 5.48 Å². The number of fused-ring (bicyclic) bond motifs is 1. The number of nitrogens with two attached hydrogens (primary N) is 1. The van der Waals surface area contributed by atoms with Crippen LogP contribution in [0.5, 0.6) is 23.0 Å². The molecule has 0 atom stereocenters. The largest absolute Gasteiger partial charge is 0.505 e. The molecule has 0 spiro atoms.